The molecule has 2 fully saturated rings. The summed E-state index contributed by atoms with van der Waals surface area (Å²) >= 11 is 1.44. The normalized spacial score (nSPS) is 20.6. The highest BCUT2D eigenvalue weighted by molar-refractivity contribution is 7.99. The lowest BCUT2D eigenvalue weighted by molar-refractivity contribution is 0.0957. The van der Waals surface area contributed by atoms with E-state index in [-0.39, 0.29) is 11.9 Å². The number of aryl methyl sites for hydroxylation is 1. The molecule has 0 aromatic carbocycles. The van der Waals surface area contributed by atoms with Gasteiger partial charge in [-0.1, -0.05) is 24.6 Å². The van der Waals surface area contributed by atoms with Crippen molar-refractivity contribution in [3.63, 3.8) is 0 Å². The van der Waals surface area contributed by atoms with Gasteiger partial charge < -0.3 is 9.30 Å². The monoisotopic (exact) mass is 389 g/mol. The number of tetrazole rings is 1. The molecule has 2 aromatic heterocycles. The molecule has 1 saturated heterocycles. The molecule has 3 heterocycles. The molecule has 0 N–H and O–H groups in total. The maximum absolute atomic E-state index is 12.9. The van der Waals surface area contributed by atoms with Crippen molar-refractivity contribution < 1.29 is 9.53 Å². The first-order valence-corrected chi connectivity index (χ1v) is 10.8. The quantitative estimate of drug-likeness (QED) is 0.534. The summed E-state index contributed by atoms with van der Waals surface area (Å²) in [5, 5.41) is 12.9. The van der Waals surface area contributed by atoms with Crippen LogP contribution in [0.15, 0.2) is 11.2 Å². The van der Waals surface area contributed by atoms with E-state index in [4.69, 9.17) is 4.74 Å². The minimum Gasteiger partial charge on any atom is -0.376 e. The summed E-state index contributed by atoms with van der Waals surface area (Å²) in [6, 6.07) is 2.39. The van der Waals surface area contributed by atoms with Gasteiger partial charge in [-0.05, 0) is 56.0 Å². The minimum atomic E-state index is 0.132. The summed E-state index contributed by atoms with van der Waals surface area (Å²) in [4.78, 5) is 12.9. The SMILES string of the molecule is Cc1cc(C(=O)CSc2nnnn2C2CCCC2)c(C)n1CC1CCCO1. The minimum absolute atomic E-state index is 0.132. The maximum atomic E-state index is 12.9. The van der Waals surface area contributed by atoms with E-state index in [0.717, 1.165) is 60.9 Å². The topological polar surface area (TPSA) is 74.8 Å². The molecule has 1 saturated carbocycles. The van der Waals surface area contributed by atoms with E-state index in [0.29, 0.717) is 11.8 Å². The number of ether oxygens (including phenoxy) is 1. The molecule has 146 valence electrons. The number of rotatable bonds is 7. The van der Waals surface area contributed by atoms with Gasteiger partial charge in [-0.15, -0.1) is 5.10 Å². The Morgan fingerprint density at radius 1 is 1.26 bits per heavy atom. The van der Waals surface area contributed by atoms with Crippen LogP contribution in [0.4, 0.5) is 0 Å². The number of ketones is 1. The first-order chi connectivity index (χ1) is 13.1. The van der Waals surface area contributed by atoms with Crippen LogP contribution in [0.3, 0.4) is 0 Å². The van der Waals surface area contributed by atoms with Crippen LogP contribution in [0.25, 0.3) is 0 Å². The van der Waals surface area contributed by atoms with Gasteiger partial charge in [-0.3, -0.25) is 4.79 Å². The van der Waals surface area contributed by atoms with Crippen molar-refractivity contribution in [2.75, 3.05) is 12.4 Å². The fourth-order valence-corrected chi connectivity index (χ4v) is 5.05. The van der Waals surface area contributed by atoms with Crippen LogP contribution < -0.4 is 0 Å². The Labute approximate surface area is 163 Å². The van der Waals surface area contributed by atoms with Crippen molar-refractivity contribution in [1.29, 1.82) is 0 Å². The predicted molar refractivity (Wildman–Crippen MR) is 103 cm³/mol. The zero-order chi connectivity index (χ0) is 18.8. The lowest BCUT2D eigenvalue weighted by Crippen LogP contribution is -2.17. The van der Waals surface area contributed by atoms with Gasteiger partial charge in [-0.25, -0.2) is 4.68 Å². The Morgan fingerprint density at radius 2 is 2.07 bits per heavy atom. The van der Waals surface area contributed by atoms with Gasteiger partial charge in [0.15, 0.2) is 5.78 Å². The van der Waals surface area contributed by atoms with Gasteiger partial charge in [0.1, 0.15) is 0 Å². The summed E-state index contributed by atoms with van der Waals surface area (Å²) < 4.78 is 9.89. The number of carbonyl (C=O) groups is 1. The van der Waals surface area contributed by atoms with Crippen LogP contribution in [0, 0.1) is 13.8 Å². The Balaban J connectivity index is 1.42. The second-order valence-corrected chi connectivity index (χ2v) is 8.53. The van der Waals surface area contributed by atoms with Gasteiger partial charge in [0.2, 0.25) is 5.16 Å². The number of aromatic nitrogens is 5. The van der Waals surface area contributed by atoms with Crippen molar-refractivity contribution in [2.45, 2.75) is 76.2 Å². The van der Waals surface area contributed by atoms with Crippen molar-refractivity contribution >= 4 is 17.5 Å². The van der Waals surface area contributed by atoms with E-state index in [1.165, 1.54) is 24.6 Å². The van der Waals surface area contributed by atoms with E-state index >= 15 is 0 Å². The van der Waals surface area contributed by atoms with E-state index in [2.05, 4.69) is 27.0 Å². The second-order valence-electron chi connectivity index (χ2n) is 7.59. The second kappa shape index (κ2) is 8.14. The van der Waals surface area contributed by atoms with E-state index < -0.39 is 0 Å². The zero-order valence-corrected chi connectivity index (χ0v) is 16.9. The van der Waals surface area contributed by atoms with Crippen LogP contribution in [0.2, 0.25) is 0 Å². The van der Waals surface area contributed by atoms with Gasteiger partial charge in [-0.2, -0.15) is 0 Å². The van der Waals surface area contributed by atoms with Crippen LogP contribution >= 0.6 is 11.8 Å². The lowest BCUT2D eigenvalue weighted by atomic mass is 10.2. The zero-order valence-electron chi connectivity index (χ0n) is 16.1. The van der Waals surface area contributed by atoms with Crippen LogP contribution in [0.5, 0.6) is 0 Å². The first kappa shape index (κ1) is 18.7. The number of nitrogens with zero attached hydrogens (tertiary/aromatic N) is 5. The van der Waals surface area contributed by atoms with E-state index in [9.17, 15) is 4.79 Å². The summed E-state index contributed by atoms with van der Waals surface area (Å²) in [7, 11) is 0. The molecule has 27 heavy (non-hydrogen) atoms. The Bertz CT molecular complexity index is 803. The molecule has 8 heteroatoms. The lowest BCUT2D eigenvalue weighted by Gasteiger charge is -2.14. The molecule has 0 radical (unpaired) electrons. The van der Waals surface area contributed by atoms with Gasteiger partial charge in [0.05, 0.1) is 17.9 Å². The number of thioether (sulfide) groups is 1. The fraction of sp³-hybridized carbons (Fsp3) is 0.684. The molecule has 4 rings (SSSR count). The van der Waals surface area contributed by atoms with Crippen molar-refractivity contribution in [1.82, 2.24) is 24.8 Å². The van der Waals surface area contributed by atoms with Crippen LogP contribution in [-0.4, -0.2) is 49.0 Å². The molecule has 7 nitrogen and oxygen atoms in total. The highest BCUT2D eigenvalue weighted by atomic mass is 32.2. The molecule has 0 spiro atoms. The fourth-order valence-electron chi connectivity index (χ4n) is 4.22. The first-order valence-electron chi connectivity index (χ1n) is 9.85. The molecule has 1 aliphatic heterocycles. The summed E-state index contributed by atoms with van der Waals surface area (Å²) in [6.07, 6.45) is 7.19. The third kappa shape index (κ3) is 3.96. The molecule has 1 unspecified atom stereocenters. The molecule has 2 aliphatic rings. The van der Waals surface area contributed by atoms with Crippen LogP contribution in [0.1, 0.15) is 66.3 Å². The Kier molecular flexibility index (Phi) is 5.63. The van der Waals surface area contributed by atoms with Gasteiger partial charge >= 0.3 is 0 Å². The van der Waals surface area contributed by atoms with E-state index in [1.54, 1.807) is 0 Å². The standard InChI is InChI=1S/C19H27N5O2S/c1-13-10-17(14(2)23(13)11-16-8-5-9-26-16)18(25)12-27-19-20-21-22-24(19)15-6-3-4-7-15/h10,15-16H,3-9,11-12H2,1-2H3. The third-order valence-electron chi connectivity index (χ3n) is 5.75. The Hall–Kier alpha value is -1.67. The molecular weight excluding hydrogens is 362 g/mol. The Morgan fingerprint density at radius 3 is 2.81 bits per heavy atom. The maximum Gasteiger partial charge on any atom is 0.210 e. The summed E-state index contributed by atoms with van der Waals surface area (Å²) in [5.41, 5.74) is 2.95. The van der Waals surface area contributed by atoms with E-state index in [1.807, 2.05) is 17.7 Å². The highest BCUT2D eigenvalue weighted by Crippen LogP contribution is 2.31. The average Bonchev–Trinajstić information content (AvgIpc) is 3.43. The largest absolute Gasteiger partial charge is 0.376 e. The third-order valence-corrected chi connectivity index (χ3v) is 6.68. The van der Waals surface area contributed by atoms with Crippen molar-refractivity contribution in [3.05, 3.63) is 23.0 Å². The van der Waals surface area contributed by atoms with Crippen LogP contribution in [-0.2, 0) is 11.3 Å². The summed E-state index contributed by atoms with van der Waals surface area (Å²) in [6.45, 7) is 5.77. The van der Waals surface area contributed by atoms with Crippen molar-refractivity contribution in [2.24, 2.45) is 0 Å². The highest BCUT2D eigenvalue weighted by Gasteiger charge is 2.24. The molecule has 2 aromatic rings. The summed E-state index contributed by atoms with van der Waals surface area (Å²) in [5.74, 6) is 0.491. The predicted octanol–water partition coefficient (Wildman–Crippen LogP) is 3.36. The number of Topliss-reactive ketones (excluding diaryl/α,β-unsaturated/α-hetero) is 1. The molecule has 0 amide bonds. The van der Waals surface area contributed by atoms with Gasteiger partial charge in [0.25, 0.3) is 0 Å². The molecule has 0 bridgehead atoms. The average molecular weight is 390 g/mol. The van der Waals surface area contributed by atoms with Crippen molar-refractivity contribution in [3.8, 4) is 0 Å². The molecular formula is C19H27N5O2S. The number of hydrogen-bond acceptors (Lipinski definition) is 6. The smallest absolute Gasteiger partial charge is 0.210 e. The number of hydrogen-bond donors (Lipinski definition) is 0. The van der Waals surface area contributed by atoms with Gasteiger partial charge in [0, 0.05) is 30.1 Å². The number of carbonyl (C=O) groups excluding carboxylic acids is 1. The molecule has 1 aliphatic carbocycles. The molecule has 1 atom stereocenters.